The van der Waals surface area contributed by atoms with Gasteiger partial charge in [-0.05, 0) is 13.3 Å². The SMILES string of the molecule is Br.CCS(=O)(=O)N(C)CCCNC(=NC)NC. The number of hydrogen-bond acceptors (Lipinski definition) is 3. The van der Waals surface area contributed by atoms with Crippen molar-refractivity contribution in [3.05, 3.63) is 0 Å². The van der Waals surface area contributed by atoms with Crippen molar-refractivity contribution in [3.8, 4) is 0 Å². The molecule has 6 nitrogen and oxygen atoms in total. The number of aliphatic imine (C=N–C) groups is 1. The van der Waals surface area contributed by atoms with E-state index in [1.54, 1.807) is 28.1 Å². The summed E-state index contributed by atoms with van der Waals surface area (Å²) in [5.41, 5.74) is 0. The molecule has 0 bridgehead atoms. The van der Waals surface area contributed by atoms with E-state index in [2.05, 4.69) is 15.6 Å². The molecule has 104 valence electrons. The van der Waals surface area contributed by atoms with Crippen molar-refractivity contribution in [2.45, 2.75) is 13.3 Å². The number of nitrogens with one attached hydrogen (secondary N) is 2. The van der Waals surface area contributed by atoms with E-state index in [1.165, 1.54) is 4.31 Å². The summed E-state index contributed by atoms with van der Waals surface area (Å²) in [5.74, 6) is 0.857. The van der Waals surface area contributed by atoms with Crippen LogP contribution in [0.4, 0.5) is 0 Å². The number of sulfonamides is 1. The van der Waals surface area contributed by atoms with E-state index in [-0.39, 0.29) is 22.7 Å². The van der Waals surface area contributed by atoms with Gasteiger partial charge in [0, 0.05) is 34.2 Å². The average molecular weight is 331 g/mol. The van der Waals surface area contributed by atoms with Gasteiger partial charge in [-0.25, -0.2) is 12.7 Å². The third-order valence-corrected chi connectivity index (χ3v) is 4.10. The zero-order valence-electron chi connectivity index (χ0n) is 10.9. The lowest BCUT2D eigenvalue weighted by molar-refractivity contribution is 0.461. The van der Waals surface area contributed by atoms with E-state index < -0.39 is 10.0 Å². The number of rotatable bonds is 6. The molecule has 0 radical (unpaired) electrons. The van der Waals surface area contributed by atoms with Gasteiger partial charge in [0.25, 0.3) is 0 Å². The molecule has 0 saturated carbocycles. The van der Waals surface area contributed by atoms with E-state index in [0.717, 1.165) is 6.42 Å². The van der Waals surface area contributed by atoms with Crippen LogP contribution in [0.5, 0.6) is 0 Å². The van der Waals surface area contributed by atoms with Crippen LogP contribution in [-0.2, 0) is 10.0 Å². The van der Waals surface area contributed by atoms with Crippen molar-refractivity contribution in [2.75, 3.05) is 40.0 Å². The van der Waals surface area contributed by atoms with E-state index in [1.807, 2.05) is 0 Å². The van der Waals surface area contributed by atoms with Crippen LogP contribution >= 0.6 is 17.0 Å². The molecule has 0 aliphatic rings. The fraction of sp³-hybridized carbons (Fsp3) is 0.889. The Morgan fingerprint density at radius 3 is 2.41 bits per heavy atom. The summed E-state index contributed by atoms with van der Waals surface area (Å²) < 4.78 is 24.2. The van der Waals surface area contributed by atoms with Crippen LogP contribution < -0.4 is 10.6 Å². The maximum absolute atomic E-state index is 11.4. The Balaban J connectivity index is 0. The summed E-state index contributed by atoms with van der Waals surface area (Å²) in [6.07, 6.45) is 0.746. The lowest BCUT2D eigenvalue weighted by Gasteiger charge is -2.16. The molecule has 2 N–H and O–H groups in total. The molecule has 0 rings (SSSR count). The Hall–Kier alpha value is -0.340. The van der Waals surface area contributed by atoms with Crippen molar-refractivity contribution in [1.29, 1.82) is 0 Å². The molecule has 0 aliphatic carbocycles. The standard InChI is InChI=1S/C9H22N4O2S.BrH/c1-5-16(14,15)13(4)8-6-7-12-9(10-2)11-3;/h5-8H2,1-4H3,(H2,10,11,12);1H. The van der Waals surface area contributed by atoms with Crippen LogP contribution in [0.25, 0.3) is 0 Å². The summed E-state index contributed by atoms with van der Waals surface area (Å²) in [5, 5.41) is 5.95. The zero-order chi connectivity index (χ0) is 12.6. The first-order valence-electron chi connectivity index (χ1n) is 5.30. The highest BCUT2D eigenvalue weighted by Gasteiger charge is 2.13. The molecule has 0 saturated heterocycles. The Bertz CT molecular complexity index is 319. The summed E-state index contributed by atoms with van der Waals surface area (Å²) in [7, 11) is 2.02. The summed E-state index contributed by atoms with van der Waals surface area (Å²) in [6, 6.07) is 0. The molecular weight excluding hydrogens is 308 g/mol. The van der Waals surface area contributed by atoms with E-state index in [4.69, 9.17) is 0 Å². The minimum atomic E-state index is -3.05. The number of guanidine groups is 1. The first kappa shape index (κ1) is 19.0. The van der Waals surface area contributed by atoms with Crippen molar-refractivity contribution >= 4 is 33.0 Å². The molecule has 0 unspecified atom stereocenters. The second-order valence-corrected chi connectivity index (χ2v) is 5.69. The first-order valence-corrected chi connectivity index (χ1v) is 6.91. The van der Waals surface area contributed by atoms with E-state index >= 15 is 0 Å². The van der Waals surface area contributed by atoms with Gasteiger partial charge >= 0.3 is 0 Å². The minimum absolute atomic E-state index is 0. The molecule has 0 aromatic heterocycles. The van der Waals surface area contributed by atoms with Crippen LogP contribution in [0.3, 0.4) is 0 Å². The fourth-order valence-corrected chi connectivity index (χ4v) is 2.00. The third kappa shape index (κ3) is 7.56. The van der Waals surface area contributed by atoms with Gasteiger partial charge in [0.15, 0.2) is 5.96 Å². The van der Waals surface area contributed by atoms with Gasteiger partial charge in [-0.3, -0.25) is 4.99 Å². The summed E-state index contributed by atoms with van der Waals surface area (Å²) >= 11 is 0. The highest BCUT2D eigenvalue weighted by Crippen LogP contribution is 1.97. The first-order chi connectivity index (χ1) is 7.47. The fourth-order valence-electron chi connectivity index (χ4n) is 1.15. The topological polar surface area (TPSA) is 73.8 Å². The van der Waals surface area contributed by atoms with Gasteiger partial charge in [-0.1, -0.05) is 0 Å². The van der Waals surface area contributed by atoms with Gasteiger partial charge in [0.1, 0.15) is 0 Å². The predicted octanol–water partition coefficient (Wildman–Crippen LogP) is 0.0307. The van der Waals surface area contributed by atoms with Gasteiger partial charge in [-0.15, -0.1) is 17.0 Å². The van der Waals surface area contributed by atoms with Gasteiger partial charge < -0.3 is 10.6 Å². The molecule has 0 amide bonds. The molecule has 0 aromatic carbocycles. The van der Waals surface area contributed by atoms with E-state index in [9.17, 15) is 8.42 Å². The molecule has 8 heteroatoms. The Kier molecular flexibility index (Phi) is 10.8. The molecule has 0 spiro atoms. The quantitative estimate of drug-likeness (QED) is 0.409. The Morgan fingerprint density at radius 2 is 2.00 bits per heavy atom. The molecule has 0 atom stereocenters. The average Bonchev–Trinajstić information content (AvgIpc) is 2.29. The van der Waals surface area contributed by atoms with Crippen LogP contribution in [0.1, 0.15) is 13.3 Å². The van der Waals surface area contributed by atoms with Crippen LogP contribution in [-0.4, -0.2) is 58.7 Å². The largest absolute Gasteiger partial charge is 0.359 e. The molecule has 0 aromatic rings. The lowest BCUT2D eigenvalue weighted by Crippen LogP contribution is -2.37. The highest BCUT2D eigenvalue weighted by molar-refractivity contribution is 8.93. The maximum Gasteiger partial charge on any atom is 0.213 e. The summed E-state index contributed by atoms with van der Waals surface area (Å²) in [6.45, 7) is 2.86. The minimum Gasteiger partial charge on any atom is -0.359 e. The van der Waals surface area contributed by atoms with E-state index in [0.29, 0.717) is 19.0 Å². The van der Waals surface area contributed by atoms with Crippen molar-refractivity contribution < 1.29 is 8.42 Å². The van der Waals surface area contributed by atoms with Crippen LogP contribution in [0, 0.1) is 0 Å². The Labute approximate surface area is 115 Å². The monoisotopic (exact) mass is 330 g/mol. The zero-order valence-corrected chi connectivity index (χ0v) is 13.4. The predicted molar refractivity (Wildman–Crippen MR) is 77.5 cm³/mol. The van der Waals surface area contributed by atoms with Gasteiger partial charge in [-0.2, -0.15) is 0 Å². The normalized spacial score (nSPS) is 12.2. The molecule has 0 heterocycles. The lowest BCUT2D eigenvalue weighted by atomic mass is 10.4. The van der Waals surface area contributed by atoms with Crippen LogP contribution in [0.15, 0.2) is 4.99 Å². The molecule has 0 aliphatic heterocycles. The van der Waals surface area contributed by atoms with Crippen molar-refractivity contribution in [2.24, 2.45) is 4.99 Å². The van der Waals surface area contributed by atoms with Gasteiger partial charge in [0.2, 0.25) is 10.0 Å². The highest BCUT2D eigenvalue weighted by atomic mass is 79.9. The Morgan fingerprint density at radius 1 is 1.41 bits per heavy atom. The number of halogens is 1. The molecule has 0 fully saturated rings. The second kappa shape index (κ2) is 9.67. The molecular formula is C9H23BrN4O2S. The number of hydrogen-bond donors (Lipinski definition) is 2. The maximum atomic E-state index is 11.4. The second-order valence-electron chi connectivity index (χ2n) is 3.32. The van der Waals surface area contributed by atoms with Crippen molar-refractivity contribution in [3.63, 3.8) is 0 Å². The van der Waals surface area contributed by atoms with Crippen LogP contribution in [0.2, 0.25) is 0 Å². The smallest absolute Gasteiger partial charge is 0.213 e. The van der Waals surface area contributed by atoms with Crippen molar-refractivity contribution in [1.82, 2.24) is 14.9 Å². The molecule has 17 heavy (non-hydrogen) atoms. The number of nitrogens with zero attached hydrogens (tertiary/aromatic N) is 2. The van der Waals surface area contributed by atoms with Gasteiger partial charge in [0.05, 0.1) is 5.75 Å². The third-order valence-electron chi connectivity index (χ3n) is 2.24. The summed E-state index contributed by atoms with van der Waals surface area (Å²) in [4.78, 5) is 3.95.